The van der Waals surface area contributed by atoms with Gasteiger partial charge in [0, 0.05) is 18.8 Å². The van der Waals surface area contributed by atoms with Gasteiger partial charge in [-0.15, -0.1) is 0 Å². The van der Waals surface area contributed by atoms with Gasteiger partial charge in [0.2, 0.25) is 0 Å². The van der Waals surface area contributed by atoms with Gasteiger partial charge >= 0.3 is 0 Å². The highest BCUT2D eigenvalue weighted by Gasteiger charge is 2.45. The van der Waals surface area contributed by atoms with Crippen molar-refractivity contribution in [1.29, 1.82) is 5.26 Å². The molecule has 5 atom stereocenters. The van der Waals surface area contributed by atoms with Gasteiger partial charge in [0.25, 0.3) is 10.0 Å². The van der Waals surface area contributed by atoms with Crippen LogP contribution in [-0.4, -0.2) is 79.2 Å². The quantitative estimate of drug-likeness (QED) is 0.326. The monoisotopic (exact) mass is 491 g/mol. The number of aliphatic hydroxyl groups excluding tert-OH is 4. The Kier molecular flexibility index (Phi) is 8.27. The van der Waals surface area contributed by atoms with Gasteiger partial charge in [-0.3, -0.25) is 0 Å². The molecule has 0 spiro atoms. The number of aliphatic hydroxyl groups is 4. The van der Waals surface area contributed by atoms with Crippen LogP contribution < -0.4 is 9.62 Å². The Hall–Kier alpha value is -2.56. The first kappa shape index (κ1) is 26.1. The molecule has 0 aliphatic carbocycles. The van der Waals surface area contributed by atoms with Crippen molar-refractivity contribution in [1.82, 2.24) is 4.72 Å². The highest BCUT2D eigenvalue weighted by Crippen LogP contribution is 2.25. The standard InChI is InChI=1S/C23H29N3O7S/c1-3-26(4-2)17-8-7-15-9-14(5-6-16(15)11-17)10-18(12-24)34(31,32)25-20-22(29)21(28)19(13-27)33-23(20)30/h5-11,19-23,25,27-30H,3-4,13H2,1-2H3. The second-order valence-corrected chi connectivity index (χ2v) is 9.64. The first-order chi connectivity index (χ1) is 16.1. The molecule has 0 saturated carbocycles. The number of nitrogens with one attached hydrogen (secondary N) is 1. The summed E-state index contributed by atoms with van der Waals surface area (Å²) in [6.45, 7) is 5.19. The normalized spacial score (nSPS) is 25.8. The van der Waals surface area contributed by atoms with E-state index in [0.29, 0.717) is 5.56 Å². The molecular formula is C23H29N3O7S. The van der Waals surface area contributed by atoms with E-state index in [9.17, 15) is 29.0 Å². The van der Waals surface area contributed by atoms with Crippen molar-refractivity contribution in [3.63, 3.8) is 0 Å². The molecule has 0 radical (unpaired) electrons. The molecule has 1 aliphatic rings. The van der Waals surface area contributed by atoms with E-state index in [0.717, 1.165) is 29.5 Å². The molecule has 1 aliphatic heterocycles. The zero-order valence-electron chi connectivity index (χ0n) is 18.9. The lowest BCUT2D eigenvalue weighted by atomic mass is 9.98. The summed E-state index contributed by atoms with van der Waals surface area (Å²) in [5.74, 6) is 0. The Balaban J connectivity index is 1.87. The van der Waals surface area contributed by atoms with Crippen molar-refractivity contribution in [2.75, 3.05) is 24.6 Å². The number of sulfonamides is 1. The first-order valence-corrected chi connectivity index (χ1v) is 12.4. The van der Waals surface area contributed by atoms with Gasteiger partial charge in [-0.1, -0.05) is 18.2 Å². The van der Waals surface area contributed by atoms with Crippen LogP contribution >= 0.6 is 0 Å². The Morgan fingerprint density at radius 2 is 1.76 bits per heavy atom. The highest BCUT2D eigenvalue weighted by molar-refractivity contribution is 7.93. The molecule has 184 valence electrons. The van der Waals surface area contributed by atoms with E-state index in [-0.39, 0.29) is 0 Å². The van der Waals surface area contributed by atoms with E-state index in [2.05, 4.69) is 18.7 Å². The molecule has 5 unspecified atom stereocenters. The zero-order chi connectivity index (χ0) is 25.0. The molecule has 1 heterocycles. The number of nitriles is 1. The molecule has 34 heavy (non-hydrogen) atoms. The zero-order valence-corrected chi connectivity index (χ0v) is 19.7. The predicted molar refractivity (Wildman–Crippen MR) is 127 cm³/mol. The van der Waals surface area contributed by atoms with Crippen LogP contribution in [0.5, 0.6) is 0 Å². The number of nitrogens with zero attached hydrogens (tertiary/aromatic N) is 2. The molecule has 5 N–H and O–H groups in total. The fraction of sp³-hybridized carbons (Fsp3) is 0.435. The second-order valence-electron chi connectivity index (χ2n) is 7.96. The summed E-state index contributed by atoms with van der Waals surface area (Å²) in [6, 6.07) is 11.2. The molecular weight excluding hydrogens is 462 g/mol. The topological polar surface area (TPSA) is 163 Å². The van der Waals surface area contributed by atoms with Crippen LogP contribution in [0.3, 0.4) is 0 Å². The van der Waals surface area contributed by atoms with E-state index in [1.165, 1.54) is 6.08 Å². The molecule has 2 aromatic rings. The van der Waals surface area contributed by atoms with Crippen molar-refractivity contribution < 1.29 is 33.6 Å². The SMILES string of the molecule is CCN(CC)c1ccc2cc(C=C(C#N)S(=O)(=O)NC3C(O)OC(CO)C(O)C3O)ccc2c1. The predicted octanol–water partition coefficient (Wildman–Crippen LogP) is 0.270. The maximum Gasteiger partial charge on any atom is 0.251 e. The molecule has 1 saturated heterocycles. The number of allylic oxidation sites excluding steroid dienone is 1. The van der Waals surface area contributed by atoms with Crippen LogP contribution in [0, 0.1) is 11.3 Å². The van der Waals surface area contributed by atoms with E-state index in [1.807, 2.05) is 29.0 Å². The summed E-state index contributed by atoms with van der Waals surface area (Å²) in [4.78, 5) is 1.56. The Morgan fingerprint density at radius 3 is 2.38 bits per heavy atom. The summed E-state index contributed by atoms with van der Waals surface area (Å²) >= 11 is 0. The van der Waals surface area contributed by atoms with Crippen LogP contribution in [0.4, 0.5) is 5.69 Å². The summed E-state index contributed by atoms with van der Waals surface area (Å²) in [7, 11) is -4.49. The molecule has 0 aromatic heterocycles. The third-order valence-corrected chi connectivity index (χ3v) is 7.24. The van der Waals surface area contributed by atoms with E-state index >= 15 is 0 Å². The molecule has 0 amide bonds. The van der Waals surface area contributed by atoms with Crippen LogP contribution in [0.1, 0.15) is 19.4 Å². The number of hydrogen-bond donors (Lipinski definition) is 5. The summed E-state index contributed by atoms with van der Waals surface area (Å²) in [6.07, 6.45) is -5.36. The van der Waals surface area contributed by atoms with Gasteiger partial charge < -0.3 is 30.1 Å². The van der Waals surface area contributed by atoms with Gasteiger partial charge in [0.1, 0.15) is 30.4 Å². The minimum absolute atomic E-state index is 0.464. The summed E-state index contributed by atoms with van der Waals surface area (Å²) in [5.41, 5.74) is 1.54. The van der Waals surface area contributed by atoms with Gasteiger partial charge in [0.15, 0.2) is 11.2 Å². The van der Waals surface area contributed by atoms with Crippen LogP contribution in [0.25, 0.3) is 16.8 Å². The van der Waals surface area contributed by atoms with E-state index in [4.69, 9.17) is 9.84 Å². The minimum atomic E-state index is -4.49. The van der Waals surface area contributed by atoms with Crippen LogP contribution in [0.2, 0.25) is 0 Å². The van der Waals surface area contributed by atoms with Gasteiger partial charge in [-0.2, -0.15) is 9.98 Å². The average Bonchev–Trinajstić information content (AvgIpc) is 2.83. The lowest BCUT2D eigenvalue weighted by Crippen LogP contribution is -2.64. The van der Waals surface area contributed by atoms with E-state index in [1.54, 1.807) is 18.2 Å². The Morgan fingerprint density at radius 1 is 1.12 bits per heavy atom. The molecule has 1 fully saturated rings. The number of anilines is 1. The lowest BCUT2D eigenvalue weighted by Gasteiger charge is -2.40. The Bertz CT molecular complexity index is 1190. The van der Waals surface area contributed by atoms with Crippen LogP contribution in [0.15, 0.2) is 41.3 Å². The highest BCUT2D eigenvalue weighted by atomic mass is 32.2. The Labute approximate surface area is 198 Å². The van der Waals surface area contributed by atoms with Crippen molar-refractivity contribution in [2.24, 2.45) is 0 Å². The van der Waals surface area contributed by atoms with Crippen LogP contribution in [-0.2, 0) is 14.8 Å². The largest absolute Gasteiger partial charge is 0.394 e. The van der Waals surface area contributed by atoms with Crippen molar-refractivity contribution in [3.05, 3.63) is 46.9 Å². The smallest absolute Gasteiger partial charge is 0.251 e. The molecule has 3 rings (SSSR count). The summed E-state index contributed by atoms with van der Waals surface area (Å²) < 4.78 is 32.6. The van der Waals surface area contributed by atoms with Crippen molar-refractivity contribution in [3.8, 4) is 6.07 Å². The van der Waals surface area contributed by atoms with Crippen molar-refractivity contribution >= 4 is 32.6 Å². The molecule has 10 nitrogen and oxygen atoms in total. The molecule has 2 aromatic carbocycles. The number of rotatable bonds is 8. The van der Waals surface area contributed by atoms with E-state index < -0.39 is 52.2 Å². The van der Waals surface area contributed by atoms with Crippen molar-refractivity contribution in [2.45, 2.75) is 44.5 Å². The van der Waals surface area contributed by atoms with Gasteiger partial charge in [-0.05, 0) is 54.5 Å². The molecule has 11 heteroatoms. The third kappa shape index (κ3) is 5.39. The number of fused-ring (bicyclic) bond motifs is 1. The summed E-state index contributed by atoms with van der Waals surface area (Å²) in [5, 5.41) is 50.7. The maximum atomic E-state index is 12.8. The average molecular weight is 492 g/mol. The maximum absolute atomic E-state index is 12.8. The number of benzene rings is 2. The fourth-order valence-corrected chi connectivity index (χ4v) is 5.07. The number of hydrogen-bond acceptors (Lipinski definition) is 9. The minimum Gasteiger partial charge on any atom is -0.394 e. The first-order valence-electron chi connectivity index (χ1n) is 10.9. The fourth-order valence-electron chi connectivity index (χ4n) is 3.92. The molecule has 0 bridgehead atoms. The number of ether oxygens (including phenoxy) is 1. The van der Waals surface area contributed by atoms with Gasteiger partial charge in [0.05, 0.1) is 6.61 Å². The lowest BCUT2D eigenvalue weighted by molar-refractivity contribution is -0.251. The second kappa shape index (κ2) is 10.8. The van der Waals surface area contributed by atoms with Gasteiger partial charge in [-0.25, -0.2) is 8.42 Å². The third-order valence-electron chi connectivity index (χ3n) is 5.87.